The van der Waals surface area contributed by atoms with E-state index in [2.05, 4.69) is 20.8 Å². The largest absolute Gasteiger partial charge is 0.0654 e. The zero-order valence-electron chi connectivity index (χ0n) is 14.6. The van der Waals surface area contributed by atoms with Gasteiger partial charge in [0.15, 0.2) is 0 Å². The highest BCUT2D eigenvalue weighted by molar-refractivity contribution is 4.62. The third kappa shape index (κ3) is 14.4. The molecule has 0 nitrogen and oxygen atoms in total. The molecule has 0 bridgehead atoms. The lowest BCUT2D eigenvalue weighted by atomic mass is 9.92. The molecule has 121 valence electrons. The van der Waals surface area contributed by atoms with Crippen molar-refractivity contribution in [2.45, 2.75) is 117 Å². The van der Waals surface area contributed by atoms with Gasteiger partial charge in [-0.25, -0.2) is 0 Å². The number of hydrogen-bond acceptors (Lipinski definition) is 0. The Morgan fingerprint density at radius 3 is 1.25 bits per heavy atom. The van der Waals surface area contributed by atoms with Gasteiger partial charge in [0.2, 0.25) is 0 Å². The lowest BCUT2D eigenvalue weighted by molar-refractivity contribution is 0.405. The summed E-state index contributed by atoms with van der Waals surface area (Å²) in [5, 5.41) is 0. The molecular weight excluding hydrogens is 240 g/mol. The van der Waals surface area contributed by atoms with Crippen LogP contribution >= 0.6 is 0 Å². The molecule has 0 heteroatoms. The highest BCUT2D eigenvalue weighted by Gasteiger charge is 2.05. The van der Waals surface area contributed by atoms with E-state index in [0.717, 1.165) is 12.3 Å². The molecule has 0 saturated heterocycles. The lowest BCUT2D eigenvalue weighted by Gasteiger charge is -2.14. The van der Waals surface area contributed by atoms with E-state index in [-0.39, 0.29) is 0 Å². The van der Waals surface area contributed by atoms with Crippen molar-refractivity contribution in [1.29, 1.82) is 0 Å². The highest BCUT2D eigenvalue weighted by atomic mass is 14.1. The third-order valence-electron chi connectivity index (χ3n) is 4.59. The SMILES string of the molecule is [CH2]CC(CCCCCCC)CCCCCCCCCC. The average Bonchev–Trinajstić information content (AvgIpc) is 2.47. The summed E-state index contributed by atoms with van der Waals surface area (Å²) in [5.41, 5.74) is 0. The summed E-state index contributed by atoms with van der Waals surface area (Å²) >= 11 is 0. The molecule has 0 aromatic heterocycles. The van der Waals surface area contributed by atoms with Crippen molar-refractivity contribution in [1.82, 2.24) is 0 Å². The zero-order chi connectivity index (χ0) is 14.9. The Kier molecular flexibility index (Phi) is 17.1. The maximum absolute atomic E-state index is 4.15. The van der Waals surface area contributed by atoms with Crippen LogP contribution in [0.1, 0.15) is 117 Å². The van der Waals surface area contributed by atoms with Crippen LogP contribution in [0.5, 0.6) is 0 Å². The van der Waals surface area contributed by atoms with Crippen molar-refractivity contribution in [3.8, 4) is 0 Å². The normalized spacial score (nSPS) is 12.8. The summed E-state index contributed by atoms with van der Waals surface area (Å²) in [6.07, 6.45) is 22.7. The highest BCUT2D eigenvalue weighted by Crippen LogP contribution is 2.21. The van der Waals surface area contributed by atoms with Crippen molar-refractivity contribution < 1.29 is 0 Å². The maximum atomic E-state index is 4.15. The topological polar surface area (TPSA) is 0 Å². The van der Waals surface area contributed by atoms with Crippen LogP contribution in [-0.4, -0.2) is 0 Å². The summed E-state index contributed by atoms with van der Waals surface area (Å²) in [6.45, 7) is 8.74. The van der Waals surface area contributed by atoms with Gasteiger partial charge in [-0.05, 0) is 5.92 Å². The molecule has 0 aliphatic carbocycles. The van der Waals surface area contributed by atoms with Gasteiger partial charge in [0, 0.05) is 0 Å². The van der Waals surface area contributed by atoms with E-state index in [9.17, 15) is 0 Å². The van der Waals surface area contributed by atoms with E-state index in [4.69, 9.17) is 0 Å². The fourth-order valence-electron chi connectivity index (χ4n) is 3.04. The number of hydrogen-bond donors (Lipinski definition) is 0. The van der Waals surface area contributed by atoms with E-state index >= 15 is 0 Å². The van der Waals surface area contributed by atoms with Crippen molar-refractivity contribution >= 4 is 0 Å². The van der Waals surface area contributed by atoms with E-state index in [1.807, 2.05) is 0 Å². The van der Waals surface area contributed by atoms with Gasteiger partial charge in [0.05, 0.1) is 0 Å². The first kappa shape index (κ1) is 20.0. The van der Waals surface area contributed by atoms with Gasteiger partial charge in [0.25, 0.3) is 0 Å². The molecule has 0 aromatic rings. The first-order chi connectivity index (χ1) is 9.85. The van der Waals surface area contributed by atoms with E-state index in [1.54, 1.807) is 0 Å². The third-order valence-corrected chi connectivity index (χ3v) is 4.59. The van der Waals surface area contributed by atoms with Gasteiger partial charge >= 0.3 is 0 Å². The van der Waals surface area contributed by atoms with E-state index in [1.165, 1.54) is 96.3 Å². The summed E-state index contributed by atoms with van der Waals surface area (Å²) in [5.74, 6) is 0.914. The predicted octanol–water partition coefficient (Wildman–Crippen LogP) is 7.72. The van der Waals surface area contributed by atoms with E-state index < -0.39 is 0 Å². The average molecular weight is 282 g/mol. The fraction of sp³-hybridized carbons (Fsp3) is 0.950. The summed E-state index contributed by atoms with van der Waals surface area (Å²) < 4.78 is 0. The second-order valence-corrected chi connectivity index (χ2v) is 6.62. The van der Waals surface area contributed by atoms with Gasteiger partial charge in [-0.1, -0.05) is 124 Å². The zero-order valence-corrected chi connectivity index (χ0v) is 14.6. The molecule has 0 rings (SSSR count). The molecule has 1 atom stereocenters. The maximum Gasteiger partial charge on any atom is -0.0414 e. The monoisotopic (exact) mass is 281 g/mol. The van der Waals surface area contributed by atoms with Crippen LogP contribution in [0.4, 0.5) is 0 Å². The Hall–Kier alpha value is 0. The molecular formula is C20H41. The Balaban J connectivity index is 3.28. The van der Waals surface area contributed by atoms with Crippen LogP contribution in [0.25, 0.3) is 0 Å². The minimum absolute atomic E-state index is 0.914. The Morgan fingerprint density at radius 1 is 0.550 bits per heavy atom. The van der Waals surface area contributed by atoms with Crippen molar-refractivity contribution in [3.05, 3.63) is 6.92 Å². The second kappa shape index (κ2) is 17.1. The smallest absolute Gasteiger partial charge is 0.0414 e. The van der Waals surface area contributed by atoms with E-state index in [0.29, 0.717) is 0 Å². The van der Waals surface area contributed by atoms with Gasteiger partial charge in [-0.3, -0.25) is 0 Å². The first-order valence-corrected chi connectivity index (χ1v) is 9.64. The van der Waals surface area contributed by atoms with Crippen LogP contribution in [-0.2, 0) is 0 Å². The van der Waals surface area contributed by atoms with Crippen molar-refractivity contribution in [2.24, 2.45) is 5.92 Å². The second-order valence-electron chi connectivity index (χ2n) is 6.62. The molecule has 1 radical (unpaired) electrons. The lowest BCUT2D eigenvalue weighted by Crippen LogP contribution is -1.99. The van der Waals surface area contributed by atoms with Crippen LogP contribution in [0, 0.1) is 12.8 Å². The molecule has 0 N–H and O–H groups in total. The quantitative estimate of drug-likeness (QED) is 0.254. The number of rotatable bonds is 16. The molecule has 0 spiro atoms. The molecule has 0 fully saturated rings. The van der Waals surface area contributed by atoms with Gasteiger partial charge in [0.1, 0.15) is 0 Å². The molecule has 0 amide bonds. The Labute approximate surface area is 130 Å². The van der Waals surface area contributed by atoms with Gasteiger partial charge < -0.3 is 0 Å². The number of unbranched alkanes of at least 4 members (excludes halogenated alkanes) is 11. The predicted molar refractivity (Wildman–Crippen MR) is 94.1 cm³/mol. The van der Waals surface area contributed by atoms with Gasteiger partial charge in [-0.15, -0.1) is 0 Å². The minimum Gasteiger partial charge on any atom is -0.0654 e. The van der Waals surface area contributed by atoms with Crippen molar-refractivity contribution in [3.63, 3.8) is 0 Å². The molecule has 0 aliphatic rings. The molecule has 0 aromatic carbocycles. The summed E-state index contributed by atoms with van der Waals surface area (Å²) in [4.78, 5) is 0. The summed E-state index contributed by atoms with van der Waals surface area (Å²) in [7, 11) is 0. The molecule has 0 saturated carbocycles. The fourth-order valence-corrected chi connectivity index (χ4v) is 3.04. The molecule has 0 heterocycles. The van der Waals surface area contributed by atoms with Crippen LogP contribution in [0.2, 0.25) is 0 Å². The van der Waals surface area contributed by atoms with Crippen molar-refractivity contribution in [2.75, 3.05) is 0 Å². The van der Waals surface area contributed by atoms with Crippen LogP contribution in [0.3, 0.4) is 0 Å². The Bertz CT molecular complexity index is 161. The molecule has 20 heavy (non-hydrogen) atoms. The van der Waals surface area contributed by atoms with Crippen LogP contribution in [0.15, 0.2) is 0 Å². The molecule has 0 aliphatic heterocycles. The van der Waals surface area contributed by atoms with Gasteiger partial charge in [-0.2, -0.15) is 0 Å². The summed E-state index contributed by atoms with van der Waals surface area (Å²) in [6, 6.07) is 0. The molecule has 1 unspecified atom stereocenters. The minimum atomic E-state index is 0.914. The standard InChI is InChI=1S/C20H41/c1-4-7-9-11-12-13-15-17-19-20(6-3)18-16-14-10-8-5-2/h20H,3-19H2,1-2H3. The Morgan fingerprint density at radius 2 is 0.900 bits per heavy atom. The first-order valence-electron chi connectivity index (χ1n) is 9.64. The van der Waals surface area contributed by atoms with Crippen LogP contribution < -0.4 is 0 Å².